The molecule has 0 bridgehead atoms. The van der Waals surface area contributed by atoms with Crippen LogP contribution in [-0.2, 0) is 13.5 Å². The zero-order valence-electron chi connectivity index (χ0n) is 16.5. The van der Waals surface area contributed by atoms with Crippen molar-refractivity contribution in [2.75, 3.05) is 0 Å². The van der Waals surface area contributed by atoms with Gasteiger partial charge in [0, 0.05) is 27.8 Å². The van der Waals surface area contributed by atoms with Crippen molar-refractivity contribution in [3.05, 3.63) is 63.8 Å². The molecule has 0 spiro atoms. The van der Waals surface area contributed by atoms with Crippen LogP contribution in [0.2, 0.25) is 0 Å². The Hall–Kier alpha value is -3.65. The van der Waals surface area contributed by atoms with Crippen LogP contribution in [0.3, 0.4) is 0 Å². The Bertz CT molecular complexity index is 1220. The lowest BCUT2D eigenvalue weighted by Gasteiger charge is -2.07. The van der Waals surface area contributed by atoms with Gasteiger partial charge in [-0.25, -0.2) is 4.79 Å². The van der Waals surface area contributed by atoms with E-state index in [1.54, 1.807) is 7.05 Å². The van der Waals surface area contributed by atoms with Gasteiger partial charge in [0.1, 0.15) is 4.88 Å². The van der Waals surface area contributed by atoms with Gasteiger partial charge in [0.15, 0.2) is 0 Å². The van der Waals surface area contributed by atoms with Crippen molar-refractivity contribution in [1.29, 1.82) is 5.41 Å². The van der Waals surface area contributed by atoms with Crippen molar-refractivity contribution < 1.29 is 9.90 Å². The minimum Gasteiger partial charge on any atom is -0.477 e. The van der Waals surface area contributed by atoms with Gasteiger partial charge in [-0.15, -0.1) is 21.5 Å². The van der Waals surface area contributed by atoms with Gasteiger partial charge in [0.25, 0.3) is 0 Å². The van der Waals surface area contributed by atoms with E-state index in [9.17, 15) is 9.90 Å². The minimum absolute atomic E-state index is 0.277. The Morgan fingerprint density at radius 1 is 1.07 bits per heavy atom. The Labute approximate surface area is 177 Å². The van der Waals surface area contributed by atoms with E-state index in [4.69, 9.17) is 5.41 Å². The lowest BCUT2D eigenvalue weighted by molar-refractivity contribution is 0.0703. The number of carboxylic acid groups (broad SMARTS) is 1. The molecule has 0 saturated carbocycles. The van der Waals surface area contributed by atoms with Crippen molar-refractivity contribution in [3.63, 3.8) is 0 Å². The predicted molar refractivity (Wildman–Crippen MR) is 117 cm³/mol. The van der Waals surface area contributed by atoms with Crippen molar-refractivity contribution in [2.24, 2.45) is 7.05 Å². The first-order valence-corrected chi connectivity index (χ1v) is 10.2. The molecule has 2 N–H and O–H groups in total. The molecule has 0 unspecified atom stereocenters. The first kappa shape index (κ1) is 19.7. The van der Waals surface area contributed by atoms with Crippen LogP contribution in [0.5, 0.6) is 0 Å². The summed E-state index contributed by atoms with van der Waals surface area (Å²) in [6, 6.07) is 15.6. The second-order valence-electron chi connectivity index (χ2n) is 6.70. The monoisotopic (exact) mass is 417 g/mol. The molecule has 2 aromatic carbocycles. The van der Waals surface area contributed by atoms with Crippen LogP contribution in [0.15, 0.2) is 48.5 Å². The molecule has 0 atom stereocenters. The first-order chi connectivity index (χ1) is 14.5. The van der Waals surface area contributed by atoms with Gasteiger partial charge in [-0.05, 0) is 28.3 Å². The normalized spacial score (nSPS) is 10.9. The number of rotatable bonds is 6. The topological polar surface area (TPSA) is 105 Å². The zero-order valence-corrected chi connectivity index (χ0v) is 17.3. The summed E-state index contributed by atoms with van der Waals surface area (Å²) in [5, 5.41) is 29.5. The number of nitrogens with zero attached hydrogens (tertiary/aromatic N) is 4. The summed E-state index contributed by atoms with van der Waals surface area (Å²) < 4.78 is 0. The van der Waals surface area contributed by atoms with Crippen LogP contribution < -0.4 is 0 Å². The number of hydrogen-bond donors (Lipinski definition) is 2. The Morgan fingerprint density at radius 3 is 2.10 bits per heavy atom. The van der Waals surface area contributed by atoms with E-state index in [1.165, 1.54) is 22.3 Å². The fourth-order valence-electron chi connectivity index (χ4n) is 3.38. The number of aromatic carboxylic acids is 1. The van der Waals surface area contributed by atoms with Crippen molar-refractivity contribution in [1.82, 2.24) is 20.2 Å². The summed E-state index contributed by atoms with van der Waals surface area (Å²) in [4.78, 5) is 14.4. The first-order valence-electron chi connectivity index (χ1n) is 9.36. The highest BCUT2D eigenvalue weighted by atomic mass is 32.1. The quantitative estimate of drug-likeness (QED) is 0.449. The van der Waals surface area contributed by atoms with E-state index in [1.807, 2.05) is 55.5 Å². The van der Waals surface area contributed by atoms with Gasteiger partial charge in [-0.3, -0.25) is 0 Å². The molecule has 0 aliphatic heterocycles. The maximum atomic E-state index is 11.8. The highest BCUT2D eigenvalue weighted by Gasteiger charge is 2.21. The highest BCUT2D eigenvalue weighted by Crippen LogP contribution is 2.37. The number of carboxylic acids is 1. The Balaban J connectivity index is 1.68. The highest BCUT2D eigenvalue weighted by molar-refractivity contribution is 7.15. The molecule has 0 fully saturated rings. The van der Waals surface area contributed by atoms with E-state index in [2.05, 4.69) is 15.4 Å². The molecule has 30 heavy (non-hydrogen) atoms. The lowest BCUT2D eigenvalue weighted by atomic mass is 9.96. The fourth-order valence-corrected chi connectivity index (χ4v) is 4.46. The van der Waals surface area contributed by atoms with Gasteiger partial charge in [0.05, 0.1) is 7.05 Å². The largest absolute Gasteiger partial charge is 0.477 e. The van der Waals surface area contributed by atoms with Crippen LogP contribution in [0.4, 0.5) is 0 Å². The maximum Gasteiger partial charge on any atom is 0.346 e. The van der Waals surface area contributed by atoms with E-state index < -0.39 is 5.97 Å². The average molecular weight is 417 g/mol. The van der Waals surface area contributed by atoms with Gasteiger partial charge in [-0.1, -0.05) is 55.5 Å². The number of carbonyl (C=O) groups is 1. The van der Waals surface area contributed by atoms with E-state index in [-0.39, 0.29) is 4.88 Å². The molecule has 0 aliphatic carbocycles. The summed E-state index contributed by atoms with van der Waals surface area (Å²) in [7, 11) is 1.73. The van der Waals surface area contributed by atoms with Crippen LogP contribution in [0.1, 0.15) is 27.0 Å². The van der Waals surface area contributed by atoms with Crippen molar-refractivity contribution in [2.45, 2.75) is 13.3 Å². The molecule has 0 radical (unpaired) electrons. The third kappa shape index (κ3) is 3.53. The van der Waals surface area contributed by atoms with Crippen LogP contribution in [0.25, 0.3) is 33.6 Å². The second kappa shape index (κ2) is 8.00. The van der Waals surface area contributed by atoms with E-state index in [0.717, 1.165) is 27.1 Å². The summed E-state index contributed by atoms with van der Waals surface area (Å²) >= 11 is 1.25. The predicted octanol–water partition coefficient (Wildman–Crippen LogP) is 4.53. The molecule has 0 aliphatic rings. The summed E-state index contributed by atoms with van der Waals surface area (Å²) in [6.45, 7) is 1.97. The number of tetrazole rings is 1. The van der Waals surface area contributed by atoms with Crippen molar-refractivity contribution in [3.8, 4) is 33.6 Å². The number of aromatic nitrogens is 4. The standard InChI is InChI=1S/C22H19N5O2S/c1-3-18-17(12-23)19(20(30-18)22(28)29)15-8-4-13(5-9-15)14-6-10-16(11-7-14)21-24-26-27(2)25-21/h4-12,23H,3H2,1-2H3,(H,28,29). The lowest BCUT2D eigenvalue weighted by Crippen LogP contribution is -1.96. The molecule has 2 aromatic heterocycles. The molecular formula is C22H19N5O2S. The Kier molecular flexibility index (Phi) is 5.24. The van der Waals surface area contributed by atoms with Gasteiger partial charge >= 0.3 is 5.97 Å². The molecule has 4 rings (SSSR count). The molecule has 7 nitrogen and oxygen atoms in total. The molecule has 4 aromatic rings. The average Bonchev–Trinajstić information content (AvgIpc) is 3.37. The van der Waals surface area contributed by atoms with Crippen molar-refractivity contribution >= 4 is 23.5 Å². The SMILES string of the molecule is CCc1sc(C(=O)O)c(-c2ccc(-c3ccc(-c4nnn(C)n4)cc3)cc2)c1C=N. The second-order valence-corrected chi connectivity index (χ2v) is 7.81. The summed E-state index contributed by atoms with van der Waals surface area (Å²) in [5.74, 6) is -0.390. The van der Waals surface area contributed by atoms with Crippen LogP contribution in [0, 0.1) is 5.41 Å². The number of nitrogens with one attached hydrogen (secondary N) is 1. The number of aryl methyl sites for hydroxylation is 2. The van der Waals surface area contributed by atoms with Gasteiger partial charge in [0.2, 0.25) is 5.82 Å². The Morgan fingerprint density at radius 2 is 1.63 bits per heavy atom. The van der Waals surface area contributed by atoms with Crippen LogP contribution >= 0.6 is 11.3 Å². The molecular weight excluding hydrogens is 398 g/mol. The number of hydrogen-bond acceptors (Lipinski definition) is 6. The molecule has 0 saturated heterocycles. The molecule has 0 amide bonds. The summed E-state index contributed by atoms with van der Waals surface area (Å²) in [5.41, 5.74) is 5.03. The minimum atomic E-state index is -0.963. The van der Waals surface area contributed by atoms with Gasteiger partial charge < -0.3 is 10.5 Å². The third-order valence-electron chi connectivity index (χ3n) is 4.84. The smallest absolute Gasteiger partial charge is 0.346 e. The maximum absolute atomic E-state index is 11.8. The number of thiophene rings is 1. The molecule has 150 valence electrons. The molecule has 2 heterocycles. The third-order valence-corrected chi connectivity index (χ3v) is 6.18. The number of benzene rings is 2. The zero-order chi connectivity index (χ0) is 21.3. The van der Waals surface area contributed by atoms with E-state index >= 15 is 0 Å². The van der Waals surface area contributed by atoms with Gasteiger partial charge in [-0.2, -0.15) is 4.80 Å². The van der Waals surface area contributed by atoms with E-state index in [0.29, 0.717) is 23.4 Å². The molecule has 8 heteroatoms. The van der Waals surface area contributed by atoms with Crippen LogP contribution in [-0.4, -0.2) is 37.5 Å². The summed E-state index contributed by atoms with van der Waals surface area (Å²) in [6.07, 6.45) is 1.95. The fraction of sp³-hybridized carbons (Fsp3) is 0.136.